The van der Waals surface area contributed by atoms with Gasteiger partial charge in [-0.1, -0.05) is 13.8 Å². The summed E-state index contributed by atoms with van der Waals surface area (Å²) in [7, 11) is 0. The number of rotatable bonds is 3. The van der Waals surface area contributed by atoms with Gasteiger partial charge < -0.3 is 4.74 Å². The van der Waals surface area contributed by atoms with Crippen LogP contribution >= 0.6 is 0 Å². The van der Waals surface area contributed by atoms with E-state index in [4.69, 9.17) is 4.74 Å². The first-order valence-corrected chi connectivity index (χ1v) is 4.98. The summed E-state index contributed by atoms with van der Waals surface area (Å²) in [6.45, 7) is 6.28. The van der Waals surface area contributed by atoms with E-state index in [0.29, 0.717) is 11.3 Å². The van der Waals surface area contributed by atoms with Crippen LogP contribution in [0.1, 0.15) is 40.5 Å². The second-order valence-corrected chi connectivity index (χ2v) is 3.20. The van der Waals surface area contributed by atoms with Gasteiger partial charge in [-0.05, 0) is 13.3 Å². The quantitative estimate of drug-likeness (QED) is 0.718. The highest BCUT2D eigenvalue weighted by Crippen LogP contribution is 2.04. The summed E-state index contributed by atoms with van der Waals surface area (Å²) in [5.41, 5.74) is 0. The van der Waals surface area contributed by atoms with Gasteiger partial charge in [-0.15, -0.1) is 0 Å². The fraction of sp³-hybridized carbons (Fsp3) is 0.700. The third-order valence-electron chi connectivity index (χ3n) is 1.93. The molecule has 0 N–H and O–H groups in total. The fourth-order valence-corrected chi connectivity index (χ4v) is 0.872. The lowest BCUT2D eigenvalue weighted by molar-refractivity contribution is -0.141. The Labute approximate surface area is 89.4 Å². The van der Waals surface area contributed by atoms with E-state index >= 15 is 0 Å². The predicted molar refractivity (Wildman–Crippen MR) is 54.1 cm³/mol. The van der Waals surface area contributed by atoms with Gasteiger partial charge in [-0.2, -0.15) is 4.90 Å². The zero-order valence-corrected chi connectivity index (χ0v) is 9.57. The van der Waals surface area contributed by atoms with Crippen molar-refractivity contribution in [3.8, 4) is 0 Å². The number of hydrogen-bond acceptors (Lipinski definition) is 4. The Morgan fingerprint density at radius 3 is 2.13 bits per heavy atom. The van der Waals surface area contributed by atoms with Crippen molar-refractivity contribution in [3.63, 3.8) is 0 Å². The molecule has 5 heteroatoms. The molecule has 0 aliphatic carbocycles. The van der Waals surface area contributed by atoms with Crippen LogP contribution in [0.3, 0.4) is 0 Å². The Bertz CT molecular complexity index is 262. The minimum Gasteiger partial charge on any atom is -0.446 e. The van der Waals surface area contributed by atoms with E-state index in [1.165, 1.54) is 0 Å². The van der Waals surface area contributed by atoms with Crippen molar-refractivity contribution < 1.29 is 19.1 Å². The molecule has 5 nitrogen and oxygen atoms in total. The highest BCUT2D eigenvalue weighted by molar-refractivity contribution is 6.07. The van der Waals surface area contributed by atoms with Crippen LogP contribution in [0, 0.1) is 0 Å². The molecular weight excluding hydrogens is 198 g/mol. The third-order valence-corrected chi connectivity index (χ3v) is 1.93. The van der Waals surface area contributed by atoms with Crippen molar-refractivity contribution in [3.05, 3.63) is 0 Å². The zero-order valence-electron chi connectivity index (χ0n) is 9.57. The topological polar surface area (TPSA) is 63.7 Å². The molecule has 1 atom stereocenters. The van der Waals surface area contributed by atoms with Gasteiger partial charge in [0.25, 0.3) is 0 Å². The molecule has 0 bridgehead atoms. The molecule has 15 heavy (non-hydrogen) atoms. The Hall–Kier alpha value is -1.39. The Balaban J connectivity index is 4.57. The SMILES string of the molecule is CCC(=O)N(C(C)=O)C(=O)OC(C)CC. The van der Waals surface area contributed by atoms with E-state index in [0.717, 1.165) is 6.92 Å². The highest BCUT2D eigenvalue weighted by Gasteiger charge is 2.26. The van der Waals surface area contributed by atoms with Gasteiger partial charge in [-0.3, -0.25) is 9.59 Å². The largest absolute Gasteiger partial charge is 0.446 e. The lowest BCUT2D eigenvalue weighted by Crippen LogP contribution is -2.41. The van der Waals surface area contributed by atoms with E-state index < -0.39 is 17.9 Å². The molecule has 0 radical (unpaired) electrons. The third kappa shape index (κ3) is 4.10. The summed E-state index contributed by atoms with van der Waals surface area (Å²) < 4.78 is 4.89. The molecule has 0 heterocycles. The van der Waals surface area contributed by atoms with Crippen LogP contribution in [0.25, 0.3) is 0 Å². The fourth-order valence-electron chi connectivity index (χ4n) is 0.872. The molecule has 0 saturated heterocycles. The maximum Gasteiger partial charge on any atom is 0.423 e. The molecule has 0 aromatic carbocycles. The van der Waals surface area contributed by atoms with Crippen LogP contribution in [-0.4, -0.2) is 28.9 Å². The molecule has 0 rings (SSSR count). The maximum atomic E-state index is 11.4. The van der Waals surface area contributed by atoms with E-state index in [-0.39, 0.29) is 12.5 Å². The first kappa shape index (κ1) is 13.6. The molecule has 0 fully saturated rings. The monoisotopic (exact) mass is 215 g/mol. The minimum atomic E-state index is -0.885. The van der Waals surface area contributed by atoms with E-state index in [1.54, 1.807) is 13.8 Å². The molecule has 0 aliphatic rings. The van der Waals surface area contributed by atoms with E-state index in [2.05, 4.69) is 0 Å². The smallest absolute Gasteiger partial charge is 0.423 e. The van der Waals surface area contributed by atoms with Crippen molar-refractivity contribution in [2.45, 2.75) is 46.6 Å². The average molecular weight is 215 g/mol. The maximum absolute atomic E-state index is 11.4. The first-order valence-electron chi connectivity index (χ1n) is 4.98. The molecular formula is C10H17NO4. The standard InChI is InChI=1S/C10H17NO4/c1-5-7(3)15-10(14)11(8(4)12)9(13)6-2/h7H,5-6H2,1-4H3. The number of carbonyl (C=O) groups is 3. The summed E-state index contributed by atoms with van der Waals surface area (Å²) in [5.74, 6) is -1.16. The van der Waals surface area contributed by atoms with Gasteiger partial charge in [-0.25, -0.2) is 4.79 Å². The van der Waals surface area contributed by atoms with Gasteiger partial charge in [0.05, 0.1) is 0 Å². The van der Waals surface area contributed by atoms with E-state index in [1.807, 2.05) is 6.92 Å². The lowest BCUT2D eigenvalue weighted by atomic mass is 10.3. The van der Waals surface area contributed by atoms with Crippen molar-refractivity contribution in [1.82, 2.24) is 4.90 Å². The zero-order chi connectivity index (χ0) is 12.0. The summed E-state index contributed by atoms with van der Waals surface area (Å²) in [6, 6.07) is 0. The summed E-state index contributed by atoms with van der Waals surface area (Å²) in [5, 5.41) is 0. The van der Waals surface area contributed by atoms with Crippen LogP contribution in [0.15, 0.2) is 0 Å². The molecule has 0 aromatic heterocycles. The van der Waals surface area contributed by atoms with Crippen LogP contribution in [0.2, 0.25) is 0 Å². The Kier molecular flexibility index (Phi) is 5.59. The van der Waals surface area contributed by atoms with Gasteiger partial charge in [0, 0.05) is 13.3 Å². The Morgan fingerprint density at radius 2 is 1.80 bits per heavy atom. The number of carbonyl (C=O) groups excluding carboxylic acids is 3. The number of amides is 3. The van der Waals surface area contributed by atoms with Crippen LogP contribution in [0.4, 0.5) is 4.79 Å². The van der Waals surface area contributed by atoms with Gasteiger partial charge in [0.15, 0.2) is 0 Å². The Morgan fingerprint density at radius 1 is 1.27 bits per heavy atom. The van der Waals surface area contributed by atoms with Crippen LogP contribution in [0.5, 0.6) is 0 Å². The molecule has 3 amide bonds. The van der Waals surface area contributed by atoms with Crippen molar-refractivity contribution in [2.75, 3.05) is 0 Å². The van der Waals surface area contributed by atoms with Gasteiger partial charge in [0.2, 0.25) is 11.8 Å². The van der Waals surface area contributed by atoms with Crippen LogP contribution in [-0.2, 0) is 14.3 Å². The summed E-state index contributed by atoms with van der Waals surface area (Å²) >= 11 is 0. The highest BCUT2D eigenvalue weighted by atomic mass is 16.6. The number of ether oxygens (including phenoxy) is 1. The molecule has 0 saturated carbocycles. The predicted octanol–water partition coefficient (Wildman–Crippen LogP) is 1.71. The number of imide groups is 3. The van der Waals surface area contributed by atoms with Gasteiger partial charge >= 0.3 is 6.09 Å². The minimum absolute atomic E-state index is 0.0924. The lowest BCUT2D eigenvalue weighted by Gasteiger charge is -2.18. The van der Waals surface area contributed by atoms with Crippen LogP contribution < -0.4 is 0 Å². The molecule has 0 aliphatic heterocycles. The molecule has 0 spiro atoms. The van der Waals surface area contributed by atoms with Crippen molar-refractivity contribution in [1.29, 1.82) is 0 Å². The molecule has 86 valence electrons. The second kappa shape index (κ2) is 6.16. The van der Waals surface area contributed by atoms with Gasteiger partial charge in [0.1, 0.15) is 6.10 Å². The van der Waals surface area contributed by atoms with E-state index in [9.17, 15) is 14.4 Å². The summed E-state index contributed by atoms with van der Waals surface area (Å²) in [6.07, 6.45) is -0.458. The molecule has 0 aromatic rings. The normalized spacial score (nSPS) is 11.7. The van der Waals surface area contributed by atoms with Crippen molar-refractivity contribution >= 4 is 17.9 Å². The summed E-state index contributed by atoms with van der Waals surface area (Å²) in [4.78, 5) is 34.3. The first-order chi connectivity index (χ1) is 6.93. The average Bonchev–Trinajstić information content (AvgIpc) is 2.16. The second-order valence-electron chi connectivity index (χ2n) is 3.20. The number of nitrogens with zero attached hydrogens (tertiary/aromatic N) is 1. The molecule has 1 unspecified atom stereocenters. The van der Waals surface area contributed by atoms with Crippen molar-refractivity contribution in [2.24, 2.45) is 0 Å². The number of hydrogen-bond donors (Lipinski definition) is 0.